The number of carbonyl (C=O) groups is 1. The molecule has 0 spiro atoms. The van der Waals surface area contributed by atoms with Crippen LogP contribution in [0, 0.1) is 10.8 Å². The second kappa shape index (κ2) is 4.76. The molecule has 120 valence electrons. The van der Waals surface area contributed by atoms with Crippen molar-refractivity contribution in [3.8, 4) is 0 Å². The maximum atomic E-state index is 13.2. The van der Waals surface area contributed by atoms with E-state index in [1.165, 1.54) is 6.42 Å². The van der Waals surface area contributed by atoms with Crippen LogP contribution in [0.25, 0.3) is 11.0 Å². The first kappa shape index (κ1) is 14.6. The van der Waals surface area contributed by atoms with Gasteiger partial charge in [0.05, 0.1) is 11.1 Å². The summed E-state index contributed by atoms with van der Waals surface area (Å²) in [7, 11) is 0. The molecule has 2 atom stereocenters. The van der Waals surface area contributed by atoms with Crippen LogP contribution >= 0.6 is 0 Å². The van der Waals surface area contributed by atoms with E-state index in [4.69, 9.17) is 0 Å². The van der Waals surface area contributed by atoms with Crippen molar-refractivity contribution in [3.05, 3.63) is 36.2 Å². The van der Waals surface area contributed by atoms with Gasteiger partial charge in [-0.2, -0.15) is 0 Å². The average Bonchev–Trinajstić information content (AvgIpc) is 2.75. The van der Waals surface area contributed by atoms with E-state index < -0.39 is 0 Å². The fourth-order valence-corrected chi connectivity index (χ4v) is 5.02. The minimum Gasteiger partial charge on any atom is -0.335 e. The first-order valence-corrected chi connectivity index (χ1v) is 8.38. The van der Waals surface area contributed by atoms with E-state index >= 15 is 0 Å². The summed E-state index contributed by atoms with van der Waals surface area (Å²) in [5, 5.41) is 0. The quantitative estimate of drug-likeness (QED) is 0.807. The lowest BCUT2D eigenvalue weighted by Gasteiger charge is -2.39. The number of hydrogen-bond donors (Lipinski definition) is 0. The molecule has 1 aliphatic carbocycles. The molecular weight excluding hydrogens is 286 g/mol. The molecule has 1 aromatic carbocycles. The number of amides is 1. The van der Waals surface area contributed by atoms with Crippen molar-refractivity contribution in [3.63, 3.8) is 0 Å². The molecule has 2 heterocycles. The van der Waals surface area contributed by atoms with E-state index in [9.17, 15) is 4.79 Å². The first-order valence-electron chi connectivity index (χ1n) is 8.38. The highest BCUT2D eigenvalue weighted by Gasteiger charge is 2.51. The SMILES string of the molecule is CC1(C)C[C@@H]2C[C@@](C)(CN2C(=O)c2cccc3nccnc23)C1. The van der Waals surface area contributed by atoms with Gasteiger partial charge in [-0.05, 0) is 42.2 Å². The third-order valence-electron chi connectivity index (χ3n) is 5.40. The van der Waals surface area contributed by atoms with Gasteiger partial charge in [0.15, 0.2) is 0 Å². The molecule has 0 N–H and O–H groups in total. The lowest BCUT2D eigenvalue weighted by Crippen LogP contribution is -2.37. The molecule has 1 aromatic heterocycles. The van der Waals surface area contributed by atoms with Crippen LogP contribution in [0.2, 0.25) is 0 Å². The van der Waals surface area contributed by atoms with E-state index in [2.05, 4.69) is 35.6 Å². The summed E-state index contributed by atoms with van der Waals surface area (Å²) in [5.74, 6) is 0.113. The number of fused-ring (bicyclic) bond motifs is 3. The zero-order valence-corrected chi connectivity index (χ0v) is 14.0. The third kappa shape index (κ3) is 2.41. The number of para-hydroxylation sites is 1. The number of aromatic nitrogens is 2. The van der Waals surface area contributed by atoms with Crippen LogP contribution in [0.4, 0.5) is 0 Å². The molecule has 1 amide bonds. The molecule has 1 aliphatic heterocycles. The van der Waals surface area contributed by atoms with Crippen LogP contribution in [0.15, 0.2) is 30.6 Å². The minimum absolute atomic E-state index is 0.113. The fraction of sp³-hybridized carbons (Fsp3) is 0.526. The molecular formula is C19H23N3O. The van der Waals surface area contributed by atoms with Gasteiger partial charge in [-0.1, -0.05) is 26.8 Å². The van der Waals surface area contributed by atoms with Crippen LogP contribution in [-0.4, -0.2) is 33.4 Å². The standard InChI is InChI=1S/C19H23N3O/c1-18(2)9-13-10-19(3,11-18)12-22(13)17(23)14-5-4-6-15-16(14)21-8-7-20-15/h4-8,13H,9-12H2,1-3H3/t13-,19-/m1/s1. The van der Waals surface area contributed by atoms with E-state index in [0.29, 0.717) is 22.5 Å². The highest BCUT2D eigenvalue weighted by atomic mass is 16.2. The molecule has 4 rings (SSSR count). The van der Waals surface area contributed by atoms with E-state index in [0.717, 1.165) is 24.9 Å². The highest BCUT2D eigenvalue weighted by molar-refractivity contribution is 6.04. The Balaban J connectivity index is 1.72. The Labute approximate surface area is 136 Å². The molecule has 4 heteroatoms. The molecule has 2 aliphatic rings. The first-order chi connectivity index (χ1) is 10.9. The minimum atomic E-state index is 0.113. The number of rotatable bonds is 1. The van der Waals surface area contributed by atoms with Gasteiger partial charge in [0.2, 0.25) is 0 Å². The number of hydrogen-bond acceptors (Lipinski definition) is 3. The van der Waals surface area contributed by atoms with Crippen molar-refractivity contribution in [1.82, 2.24) is 14.9 Å². The summed E-state index contributed by atoms with van der Waals surface area (Å²) in [6.45, 7) is 7.84. The lowest BCUT2D eigenvalue weighted by molar-refractivity contribution is 0.0710. The van der Waals surface area contributed by atoms with Crippen molar-refractivity contribution in [2.45, 2.75) is 46.1 Å². The van der Waals surface area contributed by atoms with Gasteiger partial charge in [0, 0.05) is 25.0 Å². The second-order valence-electron chi connectivity index (χ2n) is 8.38. The Morgan fingerprint density at radius 2 is 1.96 bits per heavy atom. The van der Waals surface area contributed by atoms with Crippen molar-refractivity contribution in [1.29, 1.82) is 0 Å². The van der Waals surface area contributed by atoms with Crippen LogP contribution in [0.5, 0.6) is 0 Å². The zero-order valence-electron chi connectivity index (χ0n) is 14.0. The number of likely N-dealkylation sites (tertiary alicyclic amines) is 1. The Morgan fingerprint density at radius 1 is 1.17 bits per heavy atom. The monoisotopic (exact) mass is 309 g/mol. The molecule has 23 heavy (non-hydrogen) atoms. The smallest absolute Gasteiger partial charge is 0.256 e. The molecule has 1 saturated carbocycles. The fourth-order valence-electron chi connectivity index (χ4n) is 5.02. The van der Waals surface area contributed by atoms with Crippen LogP contribution in [0.3, 0.4) is 0 Å². The van der Waals surface area contributed by atoms with E-state index in [1.807, 2.05) is 18.2 Å². The van der Waals surface area contributed by atoms with Crippen molar-refractivity contribution >= 4 is 16.9 Å². The van der Waals surface area contributed by atoms with Gasteiger partial charge in [-0.3, -0.25) is 14.8 Å². The highest BCUT2D eigenvalue weighted by Crippen LogP contribution is 2.52. The largest absolute Gasteiger partial charge is 0.335 e. The van der Waals surface area contributed by atoms with Crippen LogP contribution in [-0.2, 0) is 0 Å². The number of benzene rings is 1. The maximum Gasteiger partial charge on any atom is 0.256 e. The third-order valence-corrected chi connectivity index (χ3v) is 5.40. The molecule has 4 nitrogen and oxygen atoms in total. The Kier molecular flexibility index (Phi) is 3.03. The van der Waals surface area contributed by atoms with Gasteiger partial charge in [-0.15, -0.1) is 0 Å². The van der Waals surface area contributed by atoms with Gasteiger partial charge in [0.25, 0.3) is 5.91 Å². The predicted molar refractivity (Wildman–Crippen MR) is 90.1 cm³/mol. The molecule has 1 saturated heterocycles. The topological polar surface area (TPSA) is 46.1 Å². The van der Waals surface area contributed by atoms with Crippen molar-refractivity contribution < 1.29 is 4.79 Å². The summed E-state index contributed by atoms with van der Waals surface area (Å²) in [4.78, 5) is 24.0. The zero-order chi connectivity index (χ0) is 16.2. The van der Waals surface area contributed by atoms with Crippen LogP contribution in [0.1, 0.15) is 50.4 Å². The Bertz CT molecular complexity index is 780. The second-order valence-corrected chi connectivity index (χ2v) is 8.38. The maximum absolute atomic E-state index is 13.2. The van der Waals surface area contributed by atoms with E-state index in [1.54, 1.807) is 12.4 Å². The van der Waals surface area contributed by atoms with Gasteiger partial charge in [-0.25, -0.2) is 0 Å². The summed E-state index contributed by atoms with van der Waals surface area (Å²) in [6.07, 6.45) is 6.73. The number of nitrogens with zero attached hydrogens (tertiary/aromatic N) is 3. The summed E-state index contributed by atoms with van der Waals surface area (Å²) in [5.41, 5.74) is 2.74. The molecule has 0 radical (unpaired) electrons. The molecule has 0 unspecified atom stereocenters. The predicted octanol–water partition coefficient (Wildman–Crippen LogP) is 3.67. The van der Waals surface area contributed by atoms with Crippen molar-refractivity contribution in [2.24, 2.45) is 10.8 Å². The summed E-state index contributed by atoms with van der Waals surface area (Å²) in [6, 6.07) is 6.04. The average molecular weight is 309 g/mol. The van der Waals surface area contributed by atoms with Gasteiger partial charge in [0.1, 0.15) is 5.52 Å². The van der Waals surface area contributed by atoms with Gasteiger partial charge >= 0.3 is 0 Å². The summed E-state index contributed by atoms with van der Waals surface area (Å²) < 4.78 is 0. The van der Waals surface area contributed by atoms with Crippen molar-refractivity contribution in [2.75, 3.05) is 6.54 Å². The van der Waals surface area contributed by atoms with Gasteiger partial charge < -0.3 is 4.90 Å². The Morgan fingerprint density at radius 3 is 2.78 bits per heavy atom. The molecule has 2 aromatic rings. The molecule has 2 bridgehead atoms. The number of carbonyl (C=O) groups excluding carboxylic acids is 1. The van der Waals surface area contributed by atoms with Crippen LogP contribution < -0.4 is 0 Å². The lowest BCUT2D eigenvalue weighted by atomic mass is 9.65. The summed E-state index contributed by atoms with van der Waals surface area (Å²) >= 11 is 0. The Hall–Kier alpha value is -1.97. The molecule has 2 fully saturated rings. The van der Waals surface area contributed by atoms with E-state index in [-0.39, 0.29) is 11.3 Å². The normalized spacial score (nSPS) is 29.0.